The highest BCUT2D eigenvalue weighted by atomic mass is 16.5. The van der Waals surface area contributed by atoms with Gasteiger partial charge in [-0.15, -0.1) is 0 Å². The van der Waals surface area contributed by atoms with Crippen LogP contribution >= 0.6 is 0 Å². The van der Waals surface area contributed by atoms with Crippen molar-refractivity contribution in [3.63, 3.8) is 0 Å². The van der Waals surface area contributed by atoms with Crippen molar-refractivity contribution in [2.75, 3.05) is 70.3 Å². The van der Waals surface area contributed by atoms with E-state index in [1.807, 2.05) is 50.2 Å². The first-order valence-electron chi connectivity index (χ1n) is 12.7. The zero-order valence-electron chi connectivity index (χ0n) is 23.1. The molecule has 0 bridgehead atoms. The van der Waals surface area contributed by atoms with Gasteiger partial charge in [0.2, 0.25) is 11.9 Å². The van der Waals surface area contributed by atoms with Crippen molar-refractivity contribution in [1.29, 1.82) is 0 Å². The van der Waals surface area contributed by atoms with Gasteiger partial charge in [0.25, 0.3) is 0 Å². The SMILES string of the molecule is CC.COc1ccc(Nc2nc(N3CCOCC3)c3[nH]c(Nc4ccc(OC)c(OC)c4)nc3n2)cc1OC. The average Bonchev–Trinajstić information content (AvgIpc) is 3.40. The average molecular weight is 538 g/mol. The fourth-order valence-electron chi connectivity index (χ4n) is 4.10. The van der Waals surface area contributed by atoms with Gasteiger partial charge in [-0.25, -0.2) is 0 Å². The van der Waals surface area contributed by atoms with Crippen LogP contribution in [0.25, 0.3) is 11.2 Å². The monoisotopic (exact) mass is 537 g/mol. The molecule has 12 heteroatoms. The van der Waals surface area contributed by atoms with Crippen LogP contribution < -0.4 is 34.5 Å². The summed E-state index contributed by atoms with van der Waals surface area (Å²) < 4.78 is 27.1. The number of aromatic amines is 1. The van der Waals surface area contributed by atoms with Crippen LogP contribution in [0.5, 0.6) is 23.0 Å². The maximum absolute atomic E-state index is 5.54. The van der Waals surface area contributed by atoms with Crippen molar-refractivity contribution in [3.8, 4) is 23.0 Å². The molecule has 0 aliphatic carbocycles. The van der Waals surface area contributed by atoms with Crippen molar-refractivity contribution in [3.05, 3.63) is 36.4 Å². The number of rotatable bonds is 9. The number of methoxy groups -OCH3 is 4. The summed E-state index contributed by atoms with van der Waals surface area (Å²) in [6.07, 6.45) is 0. The first-order valence-corrected chi connectivity index (χ1v) is 12.7. The highest BCUT2D eigenvalue weighted by Crippen LogP contribution is 2.34. The molecule has 0 spiro atoms. The molecule has 39 heavy (non-hydrogen) atoms. The topological polar surface area (TPSA) is 128 Å². The number of hydrogen-bond acceptors (Lipinski definition) is 11. The Morgan fingerprint density at radius 1 is 0.744 bits per heavy atom. The Labute approximate surface area is 227 Å². The first kappa shape index (κ1) is 27.6. The third-order valence-corrected chi connectivity index (χ3v) is 5.93. The molecule has 4 aromatic rings. The fourth-order valence-corrected chi connectivity index (χ4v) is 4.10. The lowest BCUT2D eigenvalue weighted by atomic mass is 10.3. The second-order valence-electron chi connectivity index (χ2n) is 8.14. The third kappa shape index (κ3) is 6.17. The number of imidazole rings is 1. The Balaban J connectivity index is 0.00000172. The minimum Gasteiger partial charge on any atom is -0.493 e. The number of H-pyrrole nitrogens is 1. The fraction of sp³-hybridized carbons (Fsp3) is 0.370. The van der Waals surface area contributed by atoms with E-state index in [1.54, 1.807) is 28.4 Å². The summed E-state index contributed by atoms with van der Waals surface area (Å²) in [5.41, 5.74) is 2.77. The second kappa shape index (κ2) is 12.9. The Morgan fingerprint density at radius 3 is 1.87 bits per heavy atom. The van der Waals surface area contributed by atoms with Gasteiger partial charge in [-0.3, -0.25) is 0 Å². The summed E-state index contributed by atoms with van der Waals surface area (Å²) >= 11 is 0. The Morgan fingerprint density at radius 2 is 1.31 bits per heavy atom. The molecule has 2 aromatic heterocycles. The van der Waals surface area contributed by atoms with Crippen LogP contribution in [0.1, 0.15) is 13.8 Å². The number of ether oxygens (including phenoxy) is 5. The Hall–Kier alpha value is -4.45. The summed E-state index contributed by atoms with van der Waals surface area (Å²) in [4.78, 5) is 19.7. The van der Waals surface area contributed by atoms with Gasteiger partial charge in [-0.2, -0.15) is 15.0 Å². The van der Waals surface area contributed by atoms with Crippen molar-refractivity contribution >= 4 is 40.3 Å². The van der Waals surface area contributed by atoms with E-state index in [2.05, 4.69) is 25.5 Å². The van der Waals surface area contributed by atoms with E-state index in [1.165, 1.54) is 0 Å². The molecule has 0 saturated carbocycles. The third-order valence-electron chi connectivity index (χ3n) is 5.93. The molecule has 0 amide bonds. The van der Waals surface area contributed by atoms with Gasteiger partial charge in [-0.1, -0.05) is 13.8 Å². The smallest absolute Gasteiger partial charge is 0.231 e. The van der Waals surface area contributed by atoms with Crippen LogP contribution in [-0.2, 0) is 4.74 Å². The van der Waals surface area contributed by atoms with E-state index >= 15 is 0 Å². The van der Waals surface area contributed by atoms with Crippen LogP contribution in [0.2, 0.25) is 0 Å². The number of aromatic nitrogens is 4. The number of hydrogen-bond donors (Lipinski definition) is 3. The minimum absolute atomic E-state index is 0.408. The summed E-state index contributed by atoms with van der Waals surface area (Å²) in [5, 5.41) is 6.55. The number of nitrogens with zero attached hydrogens (tertiary/aromatic N) is 4. The van der Waals surface area contributed by atoms with Crippen molar-refractivity contribution in [1.82, 2.24) is 19.9 Å². The lowest BCUT2D eigenvalue weighted by molar-refractivity contribution is 0.122. The summed E-state index contributed by atoms with van der Waals surface area (Å²) in [5.74, 6) is 4.16. The van der Waals surface area contributed by atoms with Crippen molar-refractivity contribution < 1.29 is 23.7 Å². The van der Waals surface area contributed by atoms with Gasteiger partial charge in [0.05, 0.1) is 41.7 Å². The molecular weight excluding hydrogens is 502 g/mol. The predicted octanol–water partition coefficient (Wildman–Crippen LogP) is 4.74. The van der Waals surface area contributed by atoms with Crippen LogP contribution in [-0.4, -0.2) is 74.7 Å². The van der Waals surface area contributed by atoms with Crippen LogP contribution in [0.4, 0.5) is 29.1 Å². The molecule has 208 valence electrons. The lowest BCUT2D eigenvalue weighted by Gasteiger charge is -2.28. The van der Waals surface area contributed by atoms with Gasteiger partial charge in [0.1, 0.15) is 5.52 Å². The van der Waals surface area contributed by atoms with Crippen LogP contribution in [0.3, 0.4) is 0 Å². The van der Waals surface area contributed by atoms with Gasteiger partial charge in [0, 0.05) is 36.6 Å². The second-order valence-corrected chi connectivity index (χ2v) is 8.14. The van der Waals surface area contributed by atoms with E-state index in [9.17, 15) is 0 Å². The number of fused-ring (bicyclic) bond motifs is 1. The highest BCUT2D eigenvalue weighted by Gasteiger charge is 2.21. The van der Waals surface area contributed by atoms with Gasteiger partial charge < -0.3 is 44.2 Å². The Bertz CT molecular complexity index is 1390. The van der Waals surface area contributed by atoms with E-state index in [0.29, 0.717) is 66.8 Å². The van der Waals surface area contributed by atoms with Crippen LogP contribution in [0.15, 0.2) is 36.4 Å². The van der Waals surface area contributed by atoms with Crippen LogP contribution in [0, 0.1) is 0 Å². The van der Waals surface area contributed by atoms with Crippen molar-refractivity contribution in [2.45, 2.75) is 13.8 Å². The molecule has 1 saturated heterocycles. The summed E-state index contributed by atoms with van der Waals surface area (Å²) in [6, 6.07) is 11.1. The molecule has 0 atom stereocenters. The maximum Gasteiger partial charge on any atom is 0.231 e. The molecule has 0 radical (unpaired) electrons. The van der Waals surface area contributed by atoms with Gasteiger partial charge in [-0.05, 0) is 24.3 Å². The zero-order chi connectivity index (χ0) is 27.8. The molecule has 5 rings (SSSR count). The predicted molar refractivity (Wildman–Crippen MR) is 152 cm³/mol. The molecular formula is C27H35N7O5. The van der Waals surface area contributed by atoms with E-state index in [4.69, 9.17) is 33.7 Å². The largest absolute Gasteiger partial charge is 0.493 e. The lowest BCUT2D eigenvalue weighted by Crippen LogP contribution is -2.37. The molecule has 12 nitrogen and oxygen atoms in total. The number of benzene rings is 2. The number of nitrogens with one attached hydrogen (secondary N) is 3. The molecule has 1 fully saturated rings. The van der Waals surface area contributed by atoms with E-state index in [0.717, 1.165) is 22.7 Å². The standard InChI is InChI=1S/C25H29N7O5.C2H6/c1-33-17-7-5-15(13-19(17)35-3)26-24-28-21-22(29-24)30-25(31-23(21)32-9-11-37-12-10-32)27-16-6-8-18(34-2)20(14-16)36-4;1-2/h5-8,13-14H,9-12H2,1-4H3,(H3,26,27,28,29,30,31);1-2H3. The molecule has 3 heterocycles. The maximum atomic E-state index is 5.54. The minimum atomic E-state index is 0.408. The molecule has 0 unspecified atom stereocenters. The van der Waals surface area contributed by atoms with Gasteiger partial charge >= 0.3 is 0 Å². The number of anilines is 5. The molecule has 1 aliphatic rings. The van der Waals surface area contributed by atoms with Crippen molar-refractivity contribution in [2.24, 2.45) is 0 Å². The highest BCUT2D eigenvalue weighted by molar-refractivity contribution is 5.87. The molecule has 3 N–H and O–H groups in total. The van der Waals surface area contributed by atoms with E-state index < -0.39 is 0 Å². The molecule has 2 aromatic carbocycles. The quantitative estimate of drug-likeness (QED) is 0.274. The first-order chi connectivity index (χ1) is 19.1. The normalized spacial score (nSPS) is 12.8. The summed E-state index contributed by atoms with van der Waals surface area (Å²) in [7, 11) is 6.39. The van der Waals surface area contributed by atoms with Gasteiger partial charge in [0.15, 0.2) is 34.5 Å². The summed E-state index contributed by atoms with van der Waals surface area (Å²) in [6.45, 7) is 6.66. The Kier molecular flexibility index (Phi) is 9.10. The number of morpholine rings is 1. The zero-order valence-corrected chi connectivity index (χ0v) is 23.1. The van der Waals surface area contributed by atoms with E-state index in [-0.39, 0.29) is 0 Å². The molecule has 1 aliphatic heterocycles.